The molecule has 2 aromatic carbocycles. The van der Waals surface area contributed by atoms with E-state index in [1.165, 1.54) is 25.3 Å². The predicted molar refractivity (Wildman–Crippen MR) is 117 cm³/mol. The first-order valence-corrected chi connectivity index (χ1v) is 9.87. The third-order valence-corrected chi connectivity index (χ3v) is 4.55. The lowest BCUT2D eigenvalue weighted by molar-refractivity contribution is -0.274. The average molecular weight is 475 g/mol. The van der Waals surface area contributed by atoms with Gasteiger partial charge in [-0.05, 0) is 47.5 Å². The normalized spacial score (nSPS) is 10.9. The molecule has 34 heavy (non-hydrogen) atoms. The number of hydrogen-bond donors (Lipinski definition) is 3. The van der Waals surface area contributed by atoms with Gasteiger partial charge < -0.3 is 25.2 Å². The Balaban J connectivity index is 1.70. The number of amides is 1. The number of halogens is 3. The fourth-order valence-electron chi connectivity index (χ4n) is 3.03. The van der Waals surface area contributed by atoms with Crippen LogP contribution >= 0.6 is 0 Å². The minimum atomic E-state index is -4.76. The van der Waals surface area contributed by atoms with E-state index in [9.17, 15) is 22.8 Å². The number of hydrogen-bond acceptors (Lipinski definition) is 6. The maximum Gasteiger partial charge on any atom is 0.573 e. The van der Waals surface area contributed by atoms with Crippen molar-refractivity contribution in [3.05, 3.63) is 71.9 Å². The molecule has 0 saturated heterocycles. The fraction of sp³-hybridized carbons (Fsp3) is 0.174. The lowest BCUT2D eigenvalue weighted by atomic mass is 10.0. The molecule has 0 aliphatic carbocycles. The first-order chi connectivity index (χ1) is 16.1. The Bertz CT molecular complexity index is 1170. The lowest BCUT2D eigenvalue weighted by Gasteiger charge is -2.12. The van der Waals surface area contributed by atoms with Gasteiger partial charge in [0.2, 0.25) is 0 Å². The molecule has 3 N–H and O–H groups in total. The van der Waals surface area contributed by atoms with Gasteiger partial charge in [0, 0.05) is 18.3 Å². The van der Waals surface area contributed by atoms with Crippen molar-refractivity contribution in [3.63, 3.8) is 0 Å². The first-order valence-electron chi connectivity index (χ1n) is 9.87. The summed E-state index contributed by atoms with van der Waals surface area (Å²) in [5, 5.41) is 14.1. The minimum absolute atomic E-state index is 0.171. The number of nitrogens with one attached hydrogen (secondary N) is 2. The average Bonchev–Trinajstić information content (AvgIpc) is 2.80. The monoisotopic (exact) mass is 475 g/mol. The lowest BCUT2D eigenvalue weighted by Crippen LogP contribution is -2.29. The Kier molecular flexibility index (Phi) is 7.57. The first kappa shape index (κ1) is 24.4. The summed E-state index contributed by atoms with van der Waals surface area (Å²) in [5.41, 5.74) is 2.07. The second-order valence-corrected chi connectivity index (χ2v) is 6.97. The molecule has 0 unspecified atom stereocenters. The largest absolute Gasteiger partial charge is 0.573 e. The number of benzene rings is 2. The highest BCUT2D eigenvalue weighted by atomic mass is 19.4. The molecule has 3 aromatic rings. The van der Waals surface area contributed by atoms with E-state index in [4.69, 9.17) is 9.84 Å². The van der Waals surface area contributed by atoms with Gasteiger partial charge in [-0.1, -0.05) is 18.2 Å². The van der Waals surface area contributed by atoms with Gasteiger partial charge in [0.05, 0.1) is 12.7 Å². The smallest absolute Gasteiger partial charge is 0.496 e. The van der Waals surface area contributed by atoms with E-state index in [2.05, 4.69) is 20.4 Å². The van der Waals surface area contributed by atoms with E-state index in [1.807, 2.05) is 0 Å². The molecule has 0 aliphatic rings. The Morgan fingerprint density at radius 3 is 2.47 bits per heavy atom. The van der Waals surface area contributed by atoms with Crippen LogP contribution in [-0.2, 0) is 11.3 Å². The van der Waals surface area contributed by atoms with Crippen molar-refractivity contribution in [2.75, 3.05) is 19.0 Å². The summed E-state index contributed by atoms with van der Waals surface area (Å²) in [7, 11) is 1.40. The number of carbonyl (C=O) groups excluding carboxylic acids is 1. The zero-order chi connectivity index (χ0) is 24.7. The van der Waals surface area contributed by atoms with Crippen molar-refractivity contribution in [2.45, 2.75) is 12.9 Å². The molecule has 8 nitrogen and oxygen atoms in total. The van der Waals surface area contributed by atoms with E-state index < -0.39 is 24.8 Å². The number of nitrogens with zero attached hydrogens (tertiary/aromatic N) is 1. The van der Waals surface area contributed by atoms with E-state index >= 15 is 0 Å². The van der Waals surface area contributed by atoms with Crippen LogP contribution in [0.3, 0.4) is 0 Å². The molecular formula is C23H20F3N3O5. The van der Waals surface area contributed by atoms with Crippen molar-refractivity contribution >= 4 is 17.7 Å². The zero-order valence-electron chi connectivity index (χ0n) is 17.8. The molecule has 0 atom stereocenters. The number of aromatic nitrogens is 1. The Labute approximate surface area is 192 Å². The number of ether oxygens (including phenoxy) is 2. The van der Waals surface area contributed by atoms with Gasteiger partial charge >= 0.3 is 12.3 Å². The SMILES string of the molecule is COc1ccc(-c2ccc(NCc3cccc(OC(F)(F)F)c3)nc2)cc1C(=O)NCC(=O)O. The van der Waals surface area contributed by atoms with E-state index in [-0.39, 0.29) is 23.6 Å². The number of anilines is 1. The molecule has 0 spiro atoms. The molecule has 0 bridgehead atoms. The van der Waals surface area contributed by atoms with Crippen molar-refractivity contribution in [1.82, 2.24) is 10.3 Å². The standard InChI is InChI=1S/C23H20F3N3O5/c1-33-19-7-5-15(10-18(19)22(32)29-13-21(30)31)16-6-8-20(28-12-16)27-11-14-3-2-4-17(9-14)34-23(24,25)26/h2-10,12H,11,13H2,1H3,(H,27,28)(H,29,32)(H,30,31). The second-order valence-electron chi connectivity index (χ2n) is 6.97. The number of alkyl halides is 3. The maximum absolute atomic E-state index is 12.4. The van der Waals surface area contributed by atoms with Crippen LogP contribution < -0.4 is 20.1 Å². The summed E-state index contributed by atoms with van der Waals surface area (Å²) in [6, 6.07) is 13.9. The van der Waals surface area contributed by atoms with Gasteiger partial charge in [-0.3, -0.25) is 9.59 Å². The fourth-order valence-corrected chi connectivity index (χ4v) is 3.03. The molecule has 0 fully saturated rings. The van der Waals surface area contributed by atoms with Crippen molar-refractivity contribution in [3.8, 4) is 22.6 Å². The van der Waals surface area contributed by atoms with Gasteiger partial charge in [0.1, 0.15) is 23.9 Å². The highest BCUT2D eigenvalue weighted by molar-refractivity contribution is 5.99. The molecule has 3 rings (SSSR count). The van der Waals surface area contributed by atoms with Gasteiger partial charge in [-0.15, -0.1) is 13.2 Å². The minimum Gasteiger partial charge on any atom is -0.496 e. The number of pyridine rings is 1. The van der Waals surface area contributed by atoms with Gasteiger partial charge in [-0.2, -0.15) is 0 Å². The third kappa shape index (κ3) is 6.86. The Morgan fingerprint density at radius 1 is 1.06 bits per heavy atom. The van der Waals surface area contributed by atoms with Crippen LogP contribution in [-0.4, -0.2) is 42.0 Å². The topological polar surface area (TPSA) is 110 Å². The van der Waals surface area contributed by atoms with Crippen LogP contribution in [0.2, 0.25) is 0 Å². The highest BCUT2D eigenvalue weighted by Crippen LogP contribution is 2.27. The molecule has 0 saturated carbocycles. The van der Waals surface area contributed by atoms with Crippen LogP contribution in [0.1, 0.15) is 15.9 Å². The van der Waals surface area contributed by atoms with Gasteiger partial charge in [-0.25, -0.2) is 4.98 Å². The summed E-state index contributed by atoms with van der Waals surface area (Å²) < 4.78 is 46.3. The molecule has 11 heteroatoms. The summed E-state index contributed by atoms with van der Waals surface area (Å²) in [6.07, 6.45) is -3.20. The van der Waals surface area contributed by atoms with Gasteiger partial charge in [0.25, 0.3) is 5.91 Å². The summed E-state index contributed by atoms with van der Waals surface area (Å²) in [6.45, 7) is -0.308. The number of aliphatic carboxylic acids is 1. The van der Waals surface area contributed by atoms with Crippen LogP contribution in [0, 0.1) is 0 Å². The Hall–Kier alpha value is -4.28. The van der Waals surface area contributed by atoms with Crippen LogP contribution in [0.4, 0.5) is 19.0 Å². The maximum atomic E-state index is 12.4. The third-order valence-electron chi connectivity index (χ3n) is 4.55. The van der Waals surface area contributed by atoms with Crippen molar-refractivity contribution < 1.29 is 37.3 Å². The van der Waals surface area contributed by atoms with Crippen LogP contribution in [0.15, 0.2) is 60.8 Å². The van der Waals surface area contributed by atoms with Crippen LogP contribution in [0.25, 0.3) is 11.1 Å². The highest BCUT2D eigenvalue weighted by Gasteiger charge is 2.31. The van der Waals surface area contributed by atoms with E-state index in [0.717, 1.165) is 0 Å². The molecule has 0 aliphatic heterocycles. The quantitative estimate of drug-likeness (QED) is 0.428. The van der Waals surface area contributed by atoms with Crippen molar-refractivity contribution in [2.24, 2.45) is 0 Å². The number of carbonyl (C=O) groups is 2. The second kappa shape index (κ2) is 10.6. The number of carboxylic acids is 1. The molecular weight excluding hydrogens is 455 g/mol. The number of rotatable bonds is 9. The molecule has 1 heterocycles. The summed E-state index contributed by atoms with van der Waals surface area (Å²) in [5.74, 6) is -1.30. The van der Waals surface area contributed by atoms with Gasteiger partial charge in [0.15, 0.2) is 0 Å². The summed E-state index contributed by atoms with van der Waals surface area (Å²) >= 11 is 0. The molecule has 1 amide bonds. The molecule has 178 valence electrons. The number of carboxylic acid groups (broad SMARTS) is 1. The Morgan fingerprint density at radius 2 is 1.82 bits per heavy atom. The van der Waals surface area contributed by atoms with E-state index in [0.29, 0.717) is 22.5 Å². The molecule has 0 radical (unpaired) electrons. The van der Waals surface area contributed by atoms with Crippen LogP contribution in [0.5, 0.6) is 11.5 Å². The summed E-state index contributed by atoms with van der Waals surface area (Å²) in [4.78, 5) is 27.3. The molecule has 1 aromatic heterocycles. The van der Waals surface area contributed by atoms with E-state index in [1.54, 1.807) is 42.6 Å². The van der Waals surface area contributed by atoms with Crippen molar-refractivity contribution in [1.29, 1.82) is 0 Å². The predicted octanol–water partition coefficient (Wildman–Crippen LogP) is 4.08. The zero-order valence-corrected chi connectivity index (χ0v) is 17.8. The number of methoxy groups -OCH3 is 1.